The number of nitrogens with zero attached hydrogens (tertiary/aromatic N) is 2. The Morgan fingerprint density at radius 1 is 1.60 bits per heavy atom. The van der Waals surface area contributed by atoms with E-state index in [0.29, 0.717) is 15.8 Å². The predicted octanol–water partition coefficient (Wildman–Crippen LogP) is 0.524. The molecule has 2 rings (SSSR count). The molecule has 1 amide bonds. The lowest BCUT2D eigenvalue weighted by Gasteiger charge is -2.17. The highest BCUT2D eigenvalue weighted by atomic mass is 79.9. The van der Waals surface area contributed by atoms with Crippen molar-refractivity contribution in [1.82, 2.24) is 4.98 Å². The Morgan fingerprint density at radius 3 is 2.93 bits per heavy atom. The van der Waals surface area contributed by atoms with Gasteiger partial charge in [-0.3, -0.25) is 9.78 Å². The third-order valence-electron chi connectivity index (χ3n) is 2.31. The molecular weight excluding hydrogens is 262 g/mol. The third-order valence-corrected chi connectivity index (χ3v) is 2.95. The minimum atomic E-state index is -0.615. The third kappa shape index (κ3) is 1.82. The molecule has 1 atom stereocenters. The molecule has 1 aliphatic heterocycles. The van der Waals surface area contributed by atoms with Crippen LogP contribution in [-0.2, 0) is 4.79 Å². The summed E-state index contributed by atoms with van der Waals surface area (Å²) in [6.45, 7) is 0.279. The zero-order valence-corrected chi connectivity index (χ0v) is 9.44. The first-order valence-electron chi connectivity index (χ1n) is 4.47. The van der Waals surface area contributed by atoms with E-state index < -0.39 is 6.10 Å². The molecule has 2 heterocycles. The van der Waals surface area contributed by atoms with Crippen LogP contribution in [0.25, 0.3) is 0 Å². The molecule has 1 aromatic heterocycles. The van der Waals surface area contributed by atoms with E-state index in [4.69, 9.17) is 5.73 Å². The number of pyridine rings is 1. The summed E-state index contributed by atoms with van der Waals surface area (Å²) in [5, 5.41) is 9.36. The summed E-state index contributed by atoms with van der Waals surface area (Å²) in [7, 11) is 0. The number of halogens is 1. The van der Waals surface area contributed by atoms with Crippen LogP contribution in [0.3, 0.4) is 0 Å². The molecule has 3 N–H and O–H groups in total. The first-order valence-corrected chi connectivity index (χ1v) is 5.26. The number of nitrogen functional groups attached to an aromatic ring is 1. The van der Waals surface area contributed by atoms with Crippen LogP contribution < -0.4 is 10.6 Å². The second-order valence-electron chi connectivity index (χ2n) is 3.42. The van der Waals surface area contributed by atoms with Crippen molar-refractivity contribution in [2.75, 3.05) is 17.2 Å². The van der Waals surface area contributed by atoms with Gasteiger partial charge in [-0.1, -0.05) is 0 Å². The van der Waals surface area contributed by atoms with E-state index in [0.717, 1.165) is 0 Å². The van der Waals surface area contributed by atoms with Crippen molar-refractivity contribution in [2.45, 2.75) is 12.5 Å². The lowest BCUT2D eigenvalue weighted by Crippen LogP contribution is -2.26. The van der Waals surface area contributed by atoms with E-state index in [1.807, 2.05) is 0 Å². The molecule has 0 spiro atoms. The number of hydrogen-bond acceptors (Lipinski definition) is 4. The summed E-state index contributed by atoms with van der Waals surface area (Å²) >= 11 is 3.24. The van der Waals surface area contributed by atoms with Crippen LogP contribution in [0.5, 0.6) is 0 Å². The Bertz CT molecular complexity index is 410. The number of anilines is 2. The molecule has 80 valence electrons. The van der Waals surface area contributed by atoms with E-state index in [1.54, 1.807) is 6.20 Å². The molecule has 6 heteroatoms. The number of aliphatic hydroxyl groups is 1. The van der Waals surface area contributed by atoms with Gasteiger partial charge in [-0.15, -0.1) is 0 Å². The van der Waals surface area contributed by atoms with Gasteiger partial charge in [-0.2, -0.15) is 0 Å². The van der Waals surface area contributed by atoms with E-state index in [9.17, 15) is 9.90 Å². The summed E-state index contributed by atoms with van der Waals surface area (Å²) in [4.78, 5) is 16.9. The van der Waals surface area contributed by atoms with Crippen LogP contribution in [0.4, 0.5) is 11.4 Å². The zero-order chi connectivity index (χ0) is 11.0. The van der Waals surface area contributed by atoms with Gasteiger partial charge in [0.2, 0.25) is 5.91 Å². The van der Waals surface area contributed by atoms with Crippen molar-refractivity contribution in [2.24, 2.45) is 0 Å². The molecule has 1 saturated heterocycles. The van der Waals surface area contributed by atoms with Crippen molar-refractivity contribution >= 4 is 33.2 Å². The van der Waals surface area contributed by atoms with Gasteiger partial charge >= 0.3 is 0 Å². The molecule has 0 bridgehead atoms. The average molecular weight is 272 g/mol. The summed E-state index contributed by atoms with van der Waals surface area (Å²) in [6.07, 6.45) is 2.62. The molecular formula is C9H10BrN3O2. The van der Waals surface area contributed by atoms with E-state index in [-0.39, 0.29) is 18.9 Å². The fraction of sp³-hybridized carbons (Fsp3) is 0.333. The quantitative estimate of drug-likeness (QED) is 0.781. The minimum absolute atomic E-state index is 0.130. The summed E-state index contributed by atoms with van der Waals surface area (Å²) in [6, 6.07) is 0. The number of rotatable bonds is 1. The van der Waals surface area contributed by atoms with Gasteiger partial charge in [0.15, 0.2) is 0 Å². The number of carbonyl (C=O) groups is 1. The Morgan fingerprint density at radius 2 is 2.33 bits per heavy atom. The summed E-state index contributed by atoms with van der Waals surface area (Å²) in [5.41, 5.74) is 6.82. The highest BCUT2D eigenvalue weighted by Crippen LogP contribution is 2.31. The maximum Gasteiger partial charge on any atom is 0.229 e. The standard InChI is InChI=1S/C9H10BrN3O2/c10-6-2-12-3-7(9(6)11)13-4-5(14)1-8(13)15/h2-3,5,14H,1,4H2,(H2,11,12). The topological polar surface area (TPSA) is 79.4 Å². The Labute approximate surface area is 95.0 Å². The van der Waals surface area contributed by atoms with Gasteiger partial charge in [0, 0.05) is 6.20 Å². The predicted molar refractivity (Wildman–Crippen MR) is 59.3 cm³/mol. The molecule has 1 aliphatic rings. The smallest absolute Gasteiger partial charge is 0.229 e. The maximum atomic E-state index is 11.5. The molecule has 1 aromatic rings. The van der Waals surface area contributed by atoms with Crippen LogP contribution in [0, 0.1) is 0 Å². The highest BCUT2D eigenvalue weighted by Gasteiger charge is 2.30. The van der Waals surface area contributed by atoms with Gasteiger partial charge in [0.25, 0.3) is 0 Å². The Kier molecular flexibility index (Phi) is 2.62. The largest absolute Gasteiger partial charge is 0.396 e. The van der Waals surface area contributed by atoms with E-state index in [2.05, 4.69) is 20.9 Å². The van der Waals surface area contributed by atoms with Crippen LogP contribution >= 0.6 is 15.9 Å². The fourth-order valence-electron chi connectivity index (χ4n) is 1.57. The number of β-amino-alcohol motifs (C(OH)–C–C–N with tert-alkyl or cyclic N) is 1. The first-order chi connectivity index (χ1) is 7.09. The molecule has 0 saturated carbocycles. The van der Waals surface area contributed by atoms with Crippen molar-refractivity contribution in [3.8, 4) is 0 Å². The van der Waals surface area contributed by atoms with Crippen LogP contribution in [0.2, 0.25) is 0 Å². The normalized spacial score (nSPS) is 21.1. The molecule has 15 heavy (non-hydrogen) atoms. The zero-order valence-electron chi connectivity index (χ0n) is 7.85. The van der Waals surface area contributed by atoms with Crippen LogP contribution in [0.15, 0.2) is 16.9 Å². The van der Waals surface area contributed by atoms with Crippen molar-refractivity contribution in [3.05, 3.63) is 16.9 Å². The lowest BCUT2D eigenvalue weighted by atomic mass is 10.3. The molecule has 5 nitrogen and oxygen atoms in total. The molecule has 0 aromatic carbocycles. The fourth-order valence-corrected chi connectivity index (χ4v) is 1.89. The monoisotopic (exact) mass is 271 g/mol. The van der Waals surface area contributed by atoms with Crippen molar-refractivity contribution in [1.29, 1.82) is 0 Å². The maximum absolute atomic E-state index is 11.5. The number of carbonyl (C=O) groups excluding carboxylic acids is 1. The summed E-state index contributed by atoms with van der Waals surface area (Å²) < 4.78 is 0.647. The highest BCUT2D eigenvalue weighted by molar-refractivity contribution is 9.10. The van der Waals surface area contributed by atoms with Crippen LogP contribution in [-0.4, -0.2) is 28.6 Å². The van der Waals surface area contributed by atoms with Gasteiger partial charge in [-0.05, 0) is 15.9 Å². The van der Waals surface area contributed by atoms with Crippen LogP contribution in [0.1, 0.15) is 6.42 Å². The molecule has 1 fully saturated rings. The van der Waals surface area contributed by atoms with Crippen molar-refractivity contribution < 1.29 is 9.90 Å². The Balaban J connectivity index is 2.38. The van der Waals surface area contributed by atoms with Gasteiger partial charge < -0.3 is 15.7 Å². The van der Waals surface area contributed by atoms with E-state index in [1.165, 1.54) is 11.1 Å². The minimum Gasteiger partial charge on any atom is -0.396 e. The van der Waals surface area contributed by atoms with Gasteiger partial charge in [-0.25, -0.2) is 0 Å². The summed E-state index contributed by atoms with van der Waals surface area (Å²) in [5.74, 6) is -0.130. The second-order valence-corrected chi connectivity index (χ2v) is 4.27. The number of nitrogens with two attached hydrogens (primary N) is 1. The lowest BCUT2D eigenvalue weighted by molar-refractivity contribution is -0.117. The van der Waals surface area contributed by atoms with Crippen molar-refractivity contribution in [3.63, 3.8) is 0 Å². The SMILES string of the molecule is Nc1c(Br)cncc1N1CC(O)CC1=O. The molecule has 1 unspecified atom stereocenters. The molecule has 0 aliphatic carbocycles. The average Bonchev–Trinajstić information content (AvgIpc) is 2.50. The Hall–Kier alpha value is -1.14. The van der Waals surface area contributed by atoms with Gasteiger partial charge in [0.05, 0.1) is 41.1 Å². The second kappa shape index (κ2) is 3.79. The number of hydrogen-bond donors (Lipinski definition) is 2. The van der Waals surface area contributed by atoms with Gasteiger partial charge in [0.1, 0.15) is 0 Å². The number of amides is 1. The number of aliphatic hydroxyl groups excluding tert-OH is 1. The number of aromatic nitrogens is 1. The van der Waals surface area contributed by atoms with E-state index >= 15 is 0 Å². The molecule has 0 radical (unpaired) electrons. The first kappa shape index (κ1) is 10.4.